The van der Waals surface area contributed by atoms with Crippen LogP contribution < -0.4 is 0 Å². The van der Waals surface area contributed by atoms with E-state index in [2.05, 4.69) is 65.5 Å². The lowest BCUT2D eigenvalue weighted by atomic mass is 9.71. The van der Waals surface area contributed by atoms with Crippen LogP contribution in [0.3, 0.4) is 0 Å². The van der Waals surface area contributed by atoms with Gasteiger partial charge >= 0.3 is 11.9 Å². The zero-order valence-electron chi connectivity index (χ0n) is 33.4. The Morgan fingerprint density at radius 1 is 0.551 bits per heavy atom. The van der Waals surface area contributed by atoms with Gasteiger partial charge in [0, 0.05) is 60.7 Å². The molecule has 0 aliphatic carbocycles. The first-order valence-corrected chi connectivity index (χ1v) is 19.5. The Bertz CT molecular complexity index is 895. The molecule has 0 aromatic heterocycles. The first-order chi connectivity index (χ1) is 22.8. The van der Waals surface area contributed by atoms with E-state index in [0.29, 0.717) is 32.1 Å². The Morgan fingerprint density at radius 3 is 1.00 bits per heavy atom. The zero-order valence-corrected chi connectivity index (χ0v) is 33.4. The number of esters is 2. The Balaban J connectivity index is 2.07. The molecule has 2 heterocycles. The second-order valence-electron chi connectivity index (χ2n) is 16.4. The van der Waals surface area contributed by atoms with Gasteiger partial charge in [0.15, 0.2) is 0 Å². The number of rotatable bonds is 20. The first-order valence-electron chi connectivity index (χ1n) is 19.5. The molecular formula is C39H74N2O8. The zero-order chi connectivity index (χ0) is 37.3. The molecule has 0 saturated carbocycles. The normalized spacial score (nSPS) is 21.8. The van der Waals surface area contributed by atoms with Gasteiger partial charge in [-0.25, -0.2) is 0 Å². The summed E-state index contributed by atoms with van der Waals surface area (Å²) >= 11 is 0. The number of piperidine rings is 2. The molecule has 0 spiro atoms. The molecule has 0 aromatic carbocycles. The van der Waals surface area contributed by atoms with Crippen LogP contribution in [-0.2, 0) is 28.7 Å². The van der Waals surface area contributed by atoms with Crippen molar-refractivity contribution in [2.45, 2.75) is 225 Å². The molecule has 10 nitrogen and oxygen atoms in total. The van der Waals surface area contributed by atoms with Gasteiger partial charge in [-0.3, -0.25) is 19.3 Å². The molecule has 0 atom stereocenters. The number of aliphatic hydroxyl groups is 2. The van der Waals surface area contributed by atoms with Crippen molar-refractivity contribution in [2.24, 2.45) is 0 Å². The summed E-state index contributed by atoms with van der Waals surface area (Å²) in [6.07, 6.45) is 9.46. The molecule has 0 aromatic rings. The van der Waals surface area contributed by atoms with Crippen LogP contribution in [0.25, 0.3) is 0 Å². The highest BCUT2D eigenvalue weighted by atomic mass is 16.7. The van der Waals surface area contributed by atoms with E-state index in [-0.39, 0.29) is 72.4 Å². The van der Waals surface area contributed by atoms with Crippen LogP contribution in [0.5, 0.6) is 0 Å². The molecule has 0 bridgehead atoms. The minimum absolute atomic E-state index is 0.159. The molecule has 2 aliphatic heterocycles. The number of nitrogens with zero attached hydrogens (tertiary/aromatic N) is 2. The molecular weight excluding hydrogens is 624 g/mol. The Labute approximate surface area is 298 Å². The second kappa shape index (κ2) is 18.0. The van der Waals surface area contributed by atoms with E-state index in [1.54, 1.807) is 27.7 Å². The summed E-state index contributed by atoms with van der Waals surface area (Å²) in [6.45, 7) is 24.6. The van der Waals surface area contributed by atoms with Crippen molar-refractivity contribution in [3.63, 3.8) is 0 Å². The lowest BCUT2D eigenvalue weighted by molar-refractivity contribution is -0.325. The maximum Gasteiger partial charge on any atom is 0.306 e. The summed E-state index contributed by atoms with van der Waals surface area (Å²) in [5.41, 5.74) is -3.21. The van der Waals surface area contributed by atoms with Gasteiger partial charge in [-0.1, -0.05) is 55.4 Å². The lowest BCUT2D eigenvalue weighted by Gasteiger charge is -2.58. The summed E-state index contributed by atoms with van der Waals surface area (Å²) < 4.78 is 12.3. The molecule has 0 unspecified atom stereocenters. The van der Waals surface area contributed by atoms with Crippen molar-refractivity contribution in [1.29, 1.82) is 0 Å². The van der Waals surface area contributed by atoms with Crippen LogP contribution >= 0.6 is 0 Å². The molecule has 2 fully saturated rings. The topological polar surface area (TPSA) is 118 Å². The van der Waals surface area contributed by atoms with Crippen LogP contribution in [0.15, 0.2) is 0 Å². The van der Waals surface area contributed by atoms with Gasteiger partial charge in [0.2, 0.25) is 0 Å². The molecule has 0 radical (unpaired) electrons. The van der Waals surface area contributed by atoms with Crippen LogP contribution in [0, 0.1) is 0 Å². The van der Waals surface area contributed by atoms with Crippen molar-refractivity contribution >= 4 is 11.9 Å². The summed E-state index contributed by atoms with van der Waals surface area (Å²) in [7, 11) is 0. The van der Waals surface area contributed by atoms with E-state index >= 15 is 0 Å². The number of carbonyl (C=O) groups excluding carboxylic acids is 2. The molecule has 49 heavy (non-hydrogen) atoms. The number of hydrogen-bond donors (Lipinski definition) is 2. The predicted octanol–water partition coefficient (Wildman–Crippen LogP) is 7.81. The Kier molecular flexibility index (Phi) is 16.1. The van der Waals surface area contributed by atoms with E-state index < -0.39 is 11.2 Å². The minimum atomic E-state index is -0.960. The van der Waals surface area contributed by atoms with Gasteiger partial charge in [-0.2, -0.15) is 10.1 Å². The number of carbonyl (C=O) groups is 2. The van der Waals surface area contributed by atoms with Crippen molar-refractivity contribution in [1.82, 2.24) is 10.1 Å². The summed E-state index contributed by atoms with van der Waals surface area (Å²) in [4.78, 5) is 39.2. The number of hydrogen-bond acceptors (Lipinski definition) is 10. The Hall–Kier alpha value is -1.30. The van der Waals surface area contributed by atoms with Crippen molar-refractivity contribution in [3.05, 3.63) is 0 Å². The highest BCUT2D eigenvalue weighted by Crippen LogP contribution is 2.49. The van der Waals surface area contributed by atoms with E-state index in [0.717, 1.165) is 51.4 Å². The summed E-state index contributed by atoms with van der Waals surface area (Å²) in [5.74, 6) is -0.565. The summed E-state index contributed by atoms with van der Waals surface area (Å²) in [5, 5.41) is 25.2. The minimum Gasteiger partial charge on any atom is -0.462 e. The van der Waals surface area contributed by atoms with Crippen molar-refractivity contribution in [3.8, 4) is 0 Å². The van der Waals surface area contributed by atoms with E-state index in [9.17, 15) is 19.8 Å². The van der Waals surface area contributed by atoms with Gasteiger partial charge in [0.1, 0.15) is 12.2 Å². The fourth-order valence-corrected chi connectivity index (χ4v) is 8.51. The molecule has 10 heteroatoms. The standard InChI is InChI=1S/C39H74N2O8/c1-13-36(14-2)24-30(25-37(15-3,16-4)40(36)46-28-34(9,10)44)48-32(42)22-21-23-33(43)49-31-26-38(17-5,18-6)41(47-29-35(11,12)45)39(19-7,20-8)27-31/h30-31,44-45H,13-29H2,1-12H3. The molecule has 2 aliphatic rings. The smallest absolute Gasteiger partial charge is 0.306 e. The van der Waals surface area contributed by atoms with Crippen LogP contribution in [0.2, 0.25) is 0 Å². The summed E-state index contributed by atoms with van der Waals surface area (Å²) in [6, 6.07) is 0. The van der Waals surface area contributed by atoms with Crippen LogP contribution in [0.4, 0.5) is 0 Å². The monoisotopic (exact) mass is 699 g/mol. The second-order valence-corrected chi connectivity index (χ2v) is 16.4. The van der Waals surface area contributed by atoms with Crippen molar-refractivity contribution < 1.29 is 39.0 Å². The first kappa shape index (κ1) is 43.9. The van der Waals surface area contributed by atoms with Crippen LogP contribution in [0.1, 0.15) is 179 Å². The molecule has 2 rings (SSSR count). The number of hydroxylamine groups is 4. The average Bonchev–Trinajstić information content (AvgIpc) is 3.04. The molecule has 288 valence electrons. The largest absolute Gasteiger partial charge is 0.462 e. The highest BCUT2D eigenvalue weighted by Gasteiger charge is 2.55. The quantitative estimate of drug-likeness (QED) is 0.122. The SMILES string of the molecule is CCC1(CC)CC(OC(=O)CCCC(=O)OC2CC(CC)(CC)N(OCC(C)(C)O)C(CC)(CC)C2)CC(CC)(CC)N1OCC(C)(C)O. The number of ether oxygens (including phenoxy) is 2. The fraction of sp³-hybridized carbons (Fsp3) is 0.949. The van der Waals surface area contributed by atoms with Gasteiger partial charge in [0.25, 0.3) is 0 Å². The van der Waals surface area contributed by atoms with E-state index in [1.165, 1.54) is 0 Å². The fourth-order valence-electron chi connectivity index (χ4n) is 8.51. The van der Waals surface area contributed by atoms with Gasteiger partial charge in [-0.05, 0) is 85.5 Å². The van der Waals surface area contributed by atoms with Gasteiger partial charge < -0.3 is 19.7 Å². The third-order valence-electron chi connectivity index (χ3n) is 11.9. The van der Waals surface area contributed by atoms with E-state index in [4.69, 9.17) is 19.1 Å². The maximum absolute atomic E-state index is 13.2. The van der Waals surface area contributed by atoms with E-state index in [1.807, 2.05) is 0 Å². The molecule has 2 saturated heterocycles. The predicted molar refractivity (Wildman–Crippen MR) is 194 cm³/mol. The van der Waals surface area contributed by atoms with Gasteiger partial charge in [0.05, 0.1) is 24.4 Å². The Morgan fingerprint density at radius 2 is 0.796 bits per heavy atom. The molecule has 2 N–H and O–H groups in total. The van der Waals surface area contributed by atoms with Crippen molar-refractivity contribution in [2.75, 3.05) is 13.2 Å². The highest BCUT2D eigenvalue weighted by molar-refractivity contribution is 5.72. The third kappa shape index (κ3) is 10.9. The average molecular weight is 699 g/mol. The van der Waals surface area contributed by atoms with Gasteiger partial charge in [-0.15, -0.1) is 0 Å². The third-order valence-corrected chi connectivity index (χ3v) is 11.9. The van der Waals surface area contributed by atoms with Crippen LogP contribution in [-0.4, -0.2) is 91.1 Å². The maximum atomic E-state index is 13.2. The molecule has 0 amide bonds. The lowest BCUT2D eigenvalue weighted by Crippen LogP contribution is -2.66.